The zero-order chi connectivity index (χ0) is 13.0. The molecule has 3 nitrogen and oxygen atoms in total. The van der Waals surface area contributed by atoms with Crippen molar-refractivity contribution >= 4 is 21.9 Å². The van der Waals surface area contributed by atoms with E-state index in [0.29, 0.717) is 5.69 Å². The molecule has 0 aliphatic heterocycles. The number of alkyl halides is 1. The first kappa shape index (κ1) is 12.8. The molecule has 0 radical (unpaired) electrons. The fourth-order valence-corrected chi connectivity index (χ4v) is 2.16. The van der Waals surface area contributed by atoms with E-state index in [0.717, 1.165) is 11.3 Å². The maximum Gasteiger partial charge on any atom is 0.356 e. The number of benzene rings is 1. The zero-order valence-electron chi connectivity index (χ0n) is 9.84. The summed E-state index contributed by atoms with van der Waals surface area (Å²) in [6.45, 7) is 0. The van der Waals surface area contributed by atoms with Crippen molar-refractivity contribution in [2.75, 3.05) is 7.11 Å². The lowest BCUT2D eigenvalue weighted by molar-refractivity contribution is 0.0593. The van der Waals surface area contributed by atoms with Crippen molar-refractivity contribution in [2.24, 2.45) is 0 Å². The molecule has 1 heterocycles. The van der Waals surface area contributed by atoms with E-state index < -0.39 is 5.97 Å². The average molecular weight is 306 g/mol. The molecule has 0 spiro atoms. The van der Waals surface area contributed by atoms with Gasteiger partial charge in [0.25, 0.3) is 0 Å². The Morgan fingerprint density at radius 1 is 1.17 bits per heavy atom. The van der Waals surface area contributed by atoms with Gasteiger partial charge in [-0.25, -0.2) is 9.78 Å². The summed E-state index contributed by atoms with van der Waals surface area (Å²) in [5.41, 5.74) is 2.19. The topological polar surface area (TPSA) is 39.2 Å². The lowest BCUT2D eigenvalue weighted by Gasteiger charge is -2.10. The van der Waals surface area contributed by atoms with Crippen molar-refractivity contribution in [3.63, 3.8) is 0 Å². The Hall–Kier alpha value is -1.68. The number of ether oxygens (including phenoxy) is 1. The minimum Gasteiger partial charge on any atom is -0.464 e. The normalized spacial score (nSPS) is 11.9. The van der Waals surface area contributed by atoms with Crippen LogP contribution in [0.15, 0.2) is 48.5 Å². The number of hydrogen-bond acceptors (Lipinski definition) is 3. The Balaban J connectivity index is 2.31. The standard InChI is InChI=1S/C14H12BrNO2/c1-18-14(17)12-9-5-8-11(16-12)13(15)10-6-3-2-4-7-10/h2-9,13H,1H3. The van der Waals surface area contributed by atoms with E-state index in [1.807, 2.05) is 36.4 Å². The van der Waals surface area contributed by atoms with E-state index in [1.54, 1.807) is 12.1 Å². The van der Waals surface area contributed by atoms with E-state index in [1.165, 1.54) is 7.11 Å². The molecule has 2 rings (SSSR count). The highest BCUT2D eigenvalue weighted by Crippen LogP contribution is 2.29. The van der Waals surface area contributed by atoms with Crippen LogP contribution in [-0.2, 0) is 4.74 Å². The minimum absolute atomic E-state index is 0.0386. The minimum atomic E-state index is -0.426. The lowest BCUT2D eigenvalue weighted by Crippen LogP contribution is -2.06. The van der Waals surface area contributed by atoms with Gasteiger partial charge in [0.15, 0.2) is 0 Å². The first-order valence-corrected chi connectivity index (χ1v) is 6.38. The molecule has 1 unspecified atom stereocenters. The van der Waals surface area contributed by atoms with Gasteiger partial charge in [0.2, 0.25) is 0 Å². The summed E-state index contributed by atoms with van der Waals surface area (Å²) >= 11 is 3.58. The summed E-state index contributed by atoms with van der Waals surface area (Å²) in [6, 6.07) is 15.2. The first-order chi connectivity index (χ1) is 8.72. The predicted molar refractivity (Wildman–Crippen MR) is 72.8 cm³/mol. The van der Waals surface area contributed by atoms with Crippen LogP contribution in [0.1, 0.15) is 26.6 Å². The molecule has 0 fully saturated rings. The maximum absolute atomic E-state index is 11.4. The van der Waals surface area contributed by atoms with Crippen molar-refractivity contribution in [3.05, 3.63) is 65.5 Å². The number of halogens is 1. The van der Waals surface area contributed by atoms with Crippen LogP contribution >= 0.6 is 15.9 Å². The zero-order valence-corrected chi connectivity index (χ0v) is 11.4. The van der Waals surface area contributed by atoms with Gasteiger partial charge in [-0.15, -0.1) is 0 Å². The quantitative estimate of drug-likeness (QED) is 0.645. The monoisotopic (exact) mass is 305 g/mol. The number of carbonyl (C=O) groups is 1. The molecule has 1 aromatic carbocycles. The van der Waals surface area contributed by atoms with Gasteiger partial charge in [-0.05, 0) is 17.7 Å². The molecule has 2 aromatic rings. The Bertz CT molecular complexity index is 543. The van der Waals surface area contributed by atoms with Crippen LogP contribution in [0.25, 0.3) is 0 Å². The molecule has 18 heavy (non-hydrogen) atoms. The van der Waals surface area contributed by atoms with Crippen molar-refractivity contribution in [1.82, 2.24) is 4.98 Å². The largest absolute Gasteiger partial charge is 0.464 e. The van der Waals surface area contributed by atoms with Crippen LogP contribution in [-0.4, -0.2) is 18.1 Å². The summed E-state index contributed by atoms with van der Waals surface area (Å²) < 4.78 is 4.66. The van der Waals surface area contributed by atoms with Gasteiger partial charge < -0.3 is 4.74 Å². The summed E-state index contributed by atoms with van der Waals surface area (Å²) in [4.78, 5) is 15.7. The second-order valence-electron chi connectivity index (χ2n) is 3.71. The van der Waals surface area contributed by atoms with Crippen LogP contribution in [0.4, 0.5) is 0 Å². The van der Waals surface area contributed by atoms with Crippen LogP contribution in [0.5, 0.6) is 0 Å². The molecule has 4 heteroatoms. The summed E-state index contributed by atoms with van der Waals surface area (Å²) in [6.07, 6.45) is 0. The van der Waals surface area contributed by atoms with Crippen LogP contribution in [0, 0.1) is 0 Å². The van der Waals surface area contributed by atoms with E-state index in [2.05, 4.69) is 25.7 Å². The Morgan fingerprint density at radius 3 is 2.56 bits per heavy atom. The molecule has 0 bridgehead atoms. The third-order valence-corrected chi connectivity index (χ3v) is 3.51. The third kappa shape index (κ3) is 2.76. The number of rotatable bonds is 3. The Morgan fingerprint density at radius 2 is 1.89 bits per heavy atom. The van der Waals surface area contributed by atoms with Gasteiger partial charge in [0.05, 0.1) is 17.6 Å². The highest BCUT2D eigenvalue weighted by molar-refractivity contribution is 9.09. The average Bonchev–Trinajstić information content (AvgIpc) is 2.46. The van der Waals surface area contributed by atoms with Gasteiger partial charge in [0, 0.05) is 0 Å². The van der Waals surface area contributed by atoms with Crippen LogP contribution < -0.4 is 0 Å². The molecule has 92 valence electrons. The third-order valence-electron chi connectivity index (χ3n) is 2.52. The molecule has 0 aliphatic carbocycles. The highest BCUT2D eigenvalue weighted by Gasteiger charge is 2.14. The van der Waals surface area contributed by atoms with Gasteiger partial charge in [-0.3, -0.25) is 0 Å². The molecule has 1 atom stereocenters. The number of nitrogens with zero attached hydrogens (tertiary/aromatic N) is 1. The molecule has 0 saturated carbocycles. The molecular formula is C14H12BrNO2. The summed E-state index contributed by atoms with van der Waals surface area (Å²) in [7, 11) is 1.35. The molecule has 0 N–H and O–H groups in total. The molecule has 0 aliphatic rings. The van der Waals surface area contributed by atoms with Crippen molar-refractivity contribution in [1.29, 1.82) is 0 Å². The highest BCUT2D eigenvalue weighted by atomic mass is 79.9. The lowest BCUT2D eigenvalue weighted by atomic mass is 10.1. The van der Waals surface area contributed by atoms with Gasteiger partial charge in [-0.1, -0.05) is 52.3 Å². The number of pyridine rings is 1. The van der Waals surface area contributed by atoms with Gasteiger partial charge in [-0.2, -0.15) is 0 Å². The number of hydrogen-bond donors (Lipinski definition) is 0. The Kier molecular flexibility index (Phi) is 4.10. The smallest absolute Gasteiger partial charge is 0.356 e. The number of esters is 1. The van der Waals surface area contributed by atoms with E-state index in [9.17, 15) is 4.79 Å². The molecular weight excluding hydrogens is 294 g/mol. The number of methoxy groups -OCH3 is 1. The predicted octanol–water partition coefficient (Wildman–Crippen LogP) is 3.35. The van der Waals surface area contributed by atoms with E-state index >= 15 is 0 Å². The van der Waals surface area contributed by atoms with Crippen LogP contribution in [0.2, 0.25) is 0 Å². The second-order valence-corrected chi connectivity index (χ2v) is 4.63. The van der Waals surface area contributed by atoms with Gasteiger partial charge >= 0.3 is 5.97 Å². The molecule has 1 aromatic heterocycles. The summed E-state index contributed by atoms with van der Waals surface area (Å²) in [5, 5.41) is 0. The molecule has 0 amide bonds. The van der Waals surface area contributed by atoms with Crippen molar-refractivity contribution in [2.45, 2.75) is 4.83 Å². The van der Waals surface area contributed by atoms with E-state index in [-0.39, 0.29) is 4.83 Å². The second kappa shape index (κ2) is 5.78. The van der Waals surface area contributed by atoms with Crippen molar-refractivity contribution in [3.8, 4) is 0 Å². The number of aromatic nitrogens is 1. The van der Waals surface area contributed by atoms with Gasteiger partial charge in [0.1, 0.15) is 5.69 Å². The van der Waals surface area contributed by atoms with Crippen molar-refractivity contribution < 1.29 is 9.53 Å². The Labute approximate surface area is 114 Å². The fourth-order valence-electron chi connectivity index (χ4n) is 1.60. The summed E-state index contributed by atoms with van der Waals surface area (Å²) in [5.74, 6) is -0.426. The van der Waals surface area contributed by atoms with E-state index in [4.69, 9.17) is 0 Å². The van der Waals surface area contributed by atoms with Crippen LogP contribution in [0.3, 0.4) is 0 Å². The number of carbonyl (C=O) groups excluding carboxylic acids is 1. The fraction of sp³-hybridized carbons (Fsp3) is 0.143. The maximum atomic E-state index is 11.4. The first-order valence-electron chi connectivity index (χ1n) is 5.46. The molecule has 0 saturated heterocycles. The SMILES string of the molecule is COC(=O)c1cccc(C(Br)c2ccccc2)n1.